The Labute approximate surface area is 112 Å². The van der Waals surface area contributed by atoms with Gasteiger partial charge in [0.05, 0.1) is 19.3 Å². The van der Waals surface area contributed by atoms with Crippen LogP contribution in [0.2, 0.25) is 0 Å². The minimum absolute atomic E-state index is 0.0749. The van der Waals surface area contributed by atoms with Gasteiger partial charge in [0.25, 0.3) is 0 Å². The fraction of sp³-hybridized carbons (Fsp3) is 1.00. The van der Waals surface area contributed by atoms with Crippen LogP contribution >= 0.6 is 0 Å². The Hall–Kier alpha value is -0.160. The zero-order valence-electron chi connectivity index (χ0n) is 12.4. The van der Waals surface area contributed by atoms with E-state index in [2.05, 4.69) is 19.2 Å². The second kappa shape index (κ2) is 9.73. The molecule has 0 heterocycles. The molecule has 0 bridgehead atoms. The van der Waals surface area contributed by atoms with Gasteiger partial charge in [-0.15, -0.1) is 0 Å². The van der Waals surface area contributed by atoms with Crippen molar-refractivity contribution in [1.82, 2.24) is 5.32 Å². The first-order chi connectivity index (χ1) is 8.43. The van der Waals surface area contributed by atoms with Gasteiger partial charge in [-0.2, -0.15) is 0 Å². The average Bonchev–Trinajstić information content (AvgIpc) is 2.35. The molecular weight excluding hydrogens is 230 g/mol. The van der Waals surface area contributed by atoms with Gasteiger partial charge >= 0.3 is 0 Å². The summed E-state index contributed by atoms with van der Waals surface area (Å²) in [6.45, 7) is 9.94. The third-order valence-electron chi connectivity index (χ3n) is 3.27. The van der Waals surface area contributed by atoms with Crippen molar-refractivity contribution in [2.24, 2.45) is 5.92 Å². The highest BCUT2D eigenvalue weighted by atomic mass is 16.5. The van der Waals surface area contributed by atoms with Crippen LogP contribution < -0.4 is 5.32 Å². The van der Waals surface area contributed by atoms with Crippen molar-refractivity contribution in [1.29, 1.82) is 0 Å². The quantitative estimate of drug-likeness (QED) is 0.494. The lowest BCUT2D eigenvalue weighted by Gasteiger charge is -2.28. The fourth-order valence-corrected chi connectivity index (χ4v) is 1.53. The molecule has 110 valence electrons. The van der Waals surface area contributed by atoms with Crippen LogP contribution in [0.25, 0.3) is 0 Å². The molecule has 0 saturated carbocycles. The van der Waals surface area contributed by atoms with Crippen molar-refractivity contribution in [3.05, 3.63) is 0 Å². The Morgan fingerprint density at radius 2 is 2.00 bits per heavy atom. The lowest BCUT2D eigenvalue weighted by atomic mass is 10.0. The Bertz CT molecular complexity index is 193. The summed E-state index contributed by atoms with van der Waals surface area (Å²) in [6.07, 6.45) is 2.51. The molecule has 0 amide bonds. The molecular formula is C14H31NO3. The van der Waals surface area contributed by atoms with Gasteiger partial charge in [-0.3, -0.25) is 0 Å². The molecule has 0 aromatic heterocycles. The van der Waals surface area contributed by atoms with Crippen molar-refractivity contribution in [2.45, 2.75) is 58.6 Å². The number of aliphatic hydroxyl groups is 2. The van der Waals surface area contributed by atoms with Crippen LogP contribution in [0.1, 0.15) is 47.0 Å². The molecule has 0 fully saturated rings. The van der Waals surface area contributed by atoms with E-state index in [1.807, 2.05) is 13.8 Å². The summed E-state index contributed by atoms with van der Waals surface area (Å²) in [7, 11) is 0. The lowest BCUT2D eigenvalue weighted by molar-refractivity contribution is 0.0280. The van der Waals surface area contributed by atoms with E-state index < -0.39 is 6.10 Å². The van der Waals surface area contributed by atoms with Crippen molar-refractivity contribution in [3.8, 4) is 0 Å². The summed E-state index contributed by atoms with van der Waals surface area (Å²) in [4.78, 5) is 0. The van der Waals surface area contributed by atoms with Gasteiger partial charge < -0.3 is 20.3 Å². The summed E-state index contributed by atoms with van der Waals surface area (Å²) in [6, 6.07) is 0. The number of ether oxygens (including phenoxy) is 1. The largest absolute Gasteiger partial charge is 0.394 e. The lowest BCUT2D eigenvalue weighted by Crippen LogP contribution is -2.48. The number of rotatable bonds is 11. The van der Waals surface area contributed by atoms with Crippen LogP contribution in [-0.4, -0.2) is 48.2 Å². The predicted octanol–water partition coefficient (Wildman–Crippen LogP) is 1.55. The highest BCUT2D eigenvalue weighted by Gasteiger charge is 2.20. The molecule has 0 radical (unpaired) electrons. The minimum atomic E-state index is -0.513. The monoisotopic (exact) mass is 261 g/mol. The van der Waals surface area contributed by atoms with Crippen LogP contribution in [-0.2, 0) is 4.74 Å². The van der Waals surface area contributed by atoms with E-state index in [0.717, 1.165) is 19.3 Å². The molecule has 4 heteroatoms. The topological polar surface area (TPSA) is 61.7 Å². The predicted molar refractivity (Wildman–Crippen MR) is 74.7 cm³/mol. The molecule has 0 aliphatic heterocycles. The summed E-state index contributed by atoms with van der Waals surface area (Å²) in [5.74, 6) is 0.704. The molecule has 0 saturated heterocycles. The van der Waals surface area contributed by atoms with Crippen LogP contribution in [0.4, 0.5) is 0 Å². The van der Waals surface area contributed by atoms with Crippen molar-refractivity contribution < 1.29 is 14.9 Å². The van der Waals surface area contributed by atoms with E-state index in [0.29, 0.717) is 25.7 Å². The van der Waals surface area contributed by atoms with Crippen molar-refractivity contribution in [2.75, 3.05) is 26.4 Å². The number of aliphatic hydroxyl groups excluding tert-OH is 2. The van der Waals surface area contributed by atoms with E-state index in [4.69, 9.17) is 4.74 Å². The van der Waals surface area contributed by atoms with E-state index in [1.165, 1.54) is 0 Å². The average molecular weight is 261 g/mol. The number of hydrogen-bond donors (Lipinski definition) is 3. The van der Waals surface area contributed by atoms with Gasteiger partial charge in [0, 0.05) is 18.7 Å². The normalized spacial score (nSPS) is 16.8. The Balaban J connectivity index is 3.56. The van der Waals surface area contributed by atoms with Gasteiger partial charge in [-0.05, 0) is 32.1 Å². The summed E-state index contributed by atoms with van der Waals surface area (Å²) in [5, 5.41) is 22.1. The van der Waals surface area contributed by atoms with Gasteiger partial charge in [0.1, 0.15) is 0 Å². The standard InChI is InChI=1S/C14H31NO3/c1-5-14(4,11-16)15-9-13(17)10-18-8-6-7-12(2)3/h12-13,15-17H,5-11H2,1-4H3. The second-order valence-electron chi connectivity index (χ2n) is 5.72. The SMILES string of the molecule is CCC(C)(CO)NCC(O)COCCCC(C)C. The van der Waals surface area contributed by atoms with Gasteiger partial charge in [-0.1, -0.05) is 20.8 Å². The summed E-state index contributed by atoms with van der Waals surface area (Å²) >= 11 is 0. The summed E-state index contributed by atoms with van der Waals surface area (Å²) in [5.41, 5.74) is -0.307. The van der Waals surface area contributed by atoms with E-state index >= 15 is 0 Å². The first-order valence-corrected chi connectivity index (χ1v) is 7.05. The third-order valence-corrected chi connectivity index (χ3v) is 3.27. The zero-order chi connectivity index (χ0) is 14.0. The minimum Gasteiger partial charge on any atom is -0.394 e. The van der Waals surface area contributed by atoms with E-state index in [1.54, 1.807) is 0 Å². The molecule has 2 unspecified atom stereocenters. The molecule has 3 N–H and O–H groups in total. The van der Waals surface area contributed by atoms with Crippen molar-refractivity contribution in [3.63, 3.8) is 0 Å². The van der Waals surface area contributed by atoms with Crippen LogP contribution in [0.15, 0.2) is 0 Å². The first kappa shape index (κ1) is 17.8. The molecule has 2 atom stereocenters. The maximum atomic E-state index is 9.74. The van der Waals surface area contributed by atoms with Gasteiger partial charge in [0.15, 0.2) is 0 Å². The van der Waals surface area contributed by atoms with Crippen LogP contribution in [0.3, 0.4) is 0 Å². The number of nitrogens with one attached hydrogen (secondary N) is 1. The van der Waals surface area contributed by atoms with Gasteiger partial charge in [-0.25, -0.2) is 0 Å². The highest BCUT2D eigenvalue weighted by molar-refractivity contribution is 4.81. The zero-order valence-corrected chi connectivity index (χ0v) is 12.4. The molecule has 0 aromatic rings. The maximum absolute atomic E-state index is 9.74. The van der Waals surface area contributed by atoms with Crippen LogP contribution in [0.5, 0.6) is 0 Å². The van der Waals surface area contributed by atoms with E-state index in [9.17, 15) is 10.2 Å². The maximum Gasteiger partial charge on any atom is 0.0897 e. The van der Waals surface area contributed by atoms with Crippen molar-refractivity contribution >= 4 is 0 Å². The molecule has 0 aliphatic carbocycles. The molecule has 4 nitrogen and oxygen atoms in total. The smallest absolute Gasteiger partial charge is 0.0897 e. The molecule has 0 spiro atoms. The van der Waals surface area contributed by atoms with Crippen LogP contribution in [0, 0.1) is 5.92 Å². The number of β-amino-alcohol motifs (C(OH)–C–C–N with tert-alkyl or cyclic N) is 1. The number of hydrogen-bond acceptors (Lipinski definition) is 4. The third kappa shape index (κ3) is 8.86. The fourth-order valence-electron chi connectivity index (χ4n) is 1.53. The molecule has 18 heavy (non-hydrogen) atoms. The summed E-state index contributed by atoms with van der Waals surface area (Å²) < 4.78 is 5.43. The van der Waals surface area contributed by atoms with E-state index in [-0.39, 0.29) is 12.1 Å². The second-order valence-corrected chi connectivity index (χ2v) is 5.72. The molecule has 0 aliphatic rings. The molecule has 0 rings (SSSR count). The highest BCUT2D eigenvalue weighted by Crippen LogP contribution is 2.07. The van der Waals surface area contributed by atoms with Gasteiger partial charge in [0.2, 0.25) is 0 Å². The Kier molecular flexibility index (Phi) is 9.64. The Morgan fingerprint density at radius 1 is 1.33 bits per heavy atom. The first-order valence-electron chi connectivity index (χ1n) is 7.05. The Morgan fingerprint density at radius 3 is 2.50 bits per heavy atom. The molecule has 0 aromatic carbocycles.